The fraction of sp³-hybridized carbons (Fsp3) is 0.579. The molecule has 1 amide bonds. The Morgan fingerprint density at radius 2 is 2.16 bits per heavy atom. The maximum Gasteiger partial charge on any atom is 0.410 e. The minimum absolute atomic E-state index is 0.0916. The molecule has 2 atom stereocenters. The van der Waals surface area contributed by atoms with E-state index in [9.17, 15) is 4.79 Å². The van der Waals surface area contributed by atoms with Crippen molar-refractivity contribution in [3.05, 3.63) is 30.0 Å². The molecule has 2 heterocycles. The first-order chi connectivity index (χ1) is 11.8. The standard InChI is InChI=1S/C19H27N3O3/c1-13(12-21(5)18(23)25-19(2,3)4)17-16-14-8-6-7-9-15(14)20-22(16)10-11-24-17/h6-9,13,17H,10-12H2,1-5H3/t13?,17-/m1/s1. The highest BCUT2D eigenvalue weighted by Gasteiger charge is 2.31. The van der Waals surface area contributed by atoms with E-state index >= 15 is 0 Å². The first-order valence-electron chi connectivity index (χ1n) is 8.77. The van der Waals surface area contributed by atoms with Gasteiger partial charge in [0.2, 0.25) is 0 Å². The number of aromatic nitrogens is 2. The van der Waals surface area contributed by atoms with Crippen LogP contribution in [0.5, 0.6) is 0 Å². The van der Waals surface area contributed by atoms with Gasteiger partial charge in [0.05, 0.1) is 24.4 Å². The van der Waals surface area contributed by atoms with Gasteiger partial charge in [-0.15, -0.1) is 0 Å². The summed E-state index contributed by atoms with van der Waals surface area (Å²) in [5.41, 5.74) is 1.60. The summed E-state index contributed by atoms with van der Waals surface area (Å²) in [5.74, 6) is 0.122. The van der Waals surface area contributed by atoms with Gasteiger partial charge in [0.25, 0.3) is 0 Å². The van der Waals surface area contributed by atoms with Crippen LogP contribution in [-0.2, 0) is 16.0 Å². The van der Waals surface area contributed by atoms with Crippen LogP contribution in [0, 0.1) is 5.92 Å². The summed E-state index contributed by atoms with van der Waals surface area (Å²) in [6.07, 6.45) is -0.403. The third-order valence-electron chi connectivity index (χ3n) is 4.34. The number of benzene rings is 1. The number of ether oxygens (including phenoxy) is 2. The summed E-state index contributed by atoms with van der Waals surface area (Å²) in [6, 6.07) is 8.13. The van der Waals surface area contributed by atoms with Crippen LogP contribution in [-0.4, -0.2) is 46.6 Å². The van der Waals surface area contributed by atoms with Gasteiger partial charge in [-0.2, -0.15) is 5.10 Å². The van der Waals surface area contributed by atoms with Gasteiger partial charge in [0, 0.05) is 24.9 Å². The molecule has 0 aliphatic carbocycles. The van der Waals surface area contributed by atoms with Crippen molar-refractivity contribution in [1.82, 2.24) is 14.7 Å². The molecule has 0 radical (unpaired) electrons. The molecule has 1 aromatic heterocycles. The van der Waals surface area contributed by atoms with E-state index in [2.05, 4.69) is 18.1 Å². The lowest BCUT2D eigenvalue weighted by atomic mass is 9.97. The maximum absolute atomic E-state index is 12.2. The highest BCUT2D eigenvalue weighted by molar-refractivity contribution is 5.82. The van der Waals surface area contributed by atoms with Crippen LogP contribution in [0.3, 0.4) is 0 Å². The van der Waals surface area contributed by atoms with Crippen molar-refractivity contribution in [2.45, 2.75) is 45.9 Å². The molecule has 2 aromatic rings. The Morgan fingerprint density at radius 3 is 2.88 bits per heavy atom. The van der Waals surface area contributed by atoms with Crippen LogP contribution in [0.2, 0.25) is 0 Å². The highest BCUT2D eigenvalue weighted by Crippen LogP contribution is 2.35. The number of rotatable bonds is 3. The van der Waals surface area contributed by atoms with Crippen LogP contribution < -0.4 is 0 Å². The summed E-state index contributed by atoms with van der Waals surface area (Å²) in [6.45, 7) is 9.66. The average molecular weight is 345 g/mol. The number of fused-ring (bicyclic) bond motifs is 3. The van der Waals surface area contributed by atoms with Gasteiger partial charge in [-0.3, -0.25) is 4.68 Å². The Balaban J connectivity index is 1.78. The van der Waals surface area contributed by atoms with Crippen molar-refractivity contribution in [3.63, 3.8) is 0 Å². The fourth-order valence-electron chi connectivity index (χ4n) is 3.29. The lowest BCUT2D eigenvalue weighted by Crippen LogP contribution is -2.39. The van der Waals surface area contributed by atoms with Gasteiger partial charge in [-0.05, 0) is 26.8 Å². The quantitative estimate of drug-likeness (QED) is 0.853. The molecule has 0 saturated heterocycles. The van der Waals surface area contributed by atoms with E-state index in [-0.39, 0.29) is 18.1 Å². The third-order valence-corrected chi connectivity index (χ3v) is 4.34. The average Bonchev–Trinajstić information content (AvgIpc) is 2.91. The number of carbonyl (C=O) groups is 1. The molecule has 1 aromatic carbocycles. The topological polar surface area (TPSA) is 56.6 Å². The first kappa shape index (κ1) is 17.7. The number of amides is 1. The molecule has 0 N–H and O–H groups in total. The lowest BCUT2D eigenvalue weighted by molar-refractivity contribution is -0.0256. The van der Waals surface area contributed by atoms with E-state index in [1.165, 1.54) is 0 Å². The SMILES string of the molecule is CC(CN(C)C(=O)OC(C)(C)C)[C@H]1OCCn2nc3ccccc3c21. The normalized spacial score (nSPS) is 18.7. The van der Waals surface area contributed by atoms with Crippen LogP contribution in [0.15, 0.2) is 24.3 Å². The molecule has 3 rings (SSSR count). The number of carbonyl (C=O) groups excluding carboxylic acids is 1. The van der Waals surface area contributed by atoms with Gasteiger partial charge in [0.15, 0.2) is 0 Å². The molecule has 0 fully saturated rings. The van der Waals surface area contributed by atoms with Crippen molar-refractivity contribution in [2.24, 2.45) is 5.92 Å². The molecular formula is C19H27N3O3. The van der Waals surface area contributed by atoms with E-state index in [1.54, 1.807) is 11.9 Å². The zero-order valence-electron chi connectivity index (χ0n) is 15.7. The van der Waals surface area contributed by atoms with Crippen molar-refractivity contribution >= 4 is 17.0 Å². The predicted molar refractivity (Wildman–Crippen MR) is 96.5 cm³/mol. The van der Waals surface area contributed by atoms with Crippen molar-refractivity contribution in [1.29, 1.82) is 0 Å². The molecule has 6 nitrogen and oxygen atoms in total. The monoisotopic (exact) mass is 345 g/mol. The second kappa shape index (κ2) is 6.67. The van der Waals surface area contributed by atoms with Crippen LogP contribution in [0.4, 0.5) is 4.79 Å². The van der Waals surface area contributed by atoms with Crippen molar-refractivity contribution in [2.75, 3.05) is 20.2 Å². The molecule has 1 aliphatic rings. The minimum atomic E-state index is -0.495. The van der Waals surface area contributed by atoms with Crippen LogP contribution >= 0.6 is 0 Å². The Labute approximate surface area is 148 Å². The lowest BCUT2D eigenvalue weighted by Gasteiger charge is -2.32. The Hall–Kier alpha value is -2.08. The van der Waals surface area contributed by atoms with Gasteiger partial charge in [-0.1, -0.05) is 25.1 Å². The predicted octanol–water partition coefficient (Wildman–Crippen LogP) is 3.61. The Morgan fingerprint density at radius 1 is 1.44 bits per heavy atom. The minimum Gasteiger partial charge on any atom is -0.444 e. The number of hydrogen-bond acceptors (Lipinski definition) is 4. The third kappa shape index (κ3) is 3.79. The second-order valence-electron chi connectivity index (χ2n) is 7.76. The summed E-state index contributed by atoms with van der Waals surface area (Å²) in [4.78, 5) is 13.9. The van der Waals surface area contributed by atoms with E-state index in [0.29, 0.717) is 13.2 Å². The fourth-order valence-corrected chi connectivity index (χ4v) is 3.29. The van der Waals surface area contributed by atoms with E-state index in [0.717, 1.165) is 23.1 Å². The molecule has 1 unspecified atom stereocenters. The Bertz CT molecular complexity index is 763. The summed E-state index contributed by atoms with van der Waals surface area (Å²) in [7, 11) is 1.77. The van der Waals surface area contributed by atoms with Gasteiger partial charge >= 0.3 is 6.09 Å². The summed E-state index contributed by atoms with van der Waals surface area (Å²) >= 11 is 0. The number of hydrogen-bond donors (Lipinski definition) is 0. The molecule has 1 aliphatic heterocycles. The zero-order chi connectivity index (χ0) is 18.2. The van der Waals surface area contributed by atoms with E-state index in [4.69, 9.17) is 9.47 Å². The molecule has 0 spiro atoms. The van der Waals surface area contributed by atoms with Gasteiger partial charge in [-0.25, -0.2) is 4.79 Å². The van der Waals surface area contributed by atoms with Crippen LogP contribution in [0.1, 0.15) is 39.5 Å². The molecule has 6 heteroatoms. The van der Waals surface area contributed by atoms with Gasteiger partial charge in [0.1, 0.15) is 11.7 Å². The first-order valence-corrected chi connectivity index (χ1v) is 8.77. The molecular weight excluding hydrogens is 318 g/mol. The smallest absolute Gasteiger partial charge is 0.410 e. The molecule has 0 saturated carbocycles. The second-order valence-corrected chi connectivity index (χ2v) is 7.76. The van der Waals surface area contributed by atoms with E-state index in [1.807, 2.05) is 43.7 Å². The molecule has 0 bridgehead atoms. The molecule has 136 valence electrons. The van der Waals surface area contributed by atoms with Crippen molar-refractivity contribution < 1.29 is 14.3 Å². The number of nitrogens with zero attached hydrogens (tertiary/aromatic N) is 3. The van der Waals surface area contributed by atoms with E-state index < -0.39 is 5.60 Å². The maximum atomic E-state index is 12.2. The largest absolute Gasteiger partial charge is 0.444 e. The summed E-state index contributed by atoms with van der Waals surface area (Å²) < 4.78 is 13.6. The highest BCUT2D eigenvalue weighted by atomic mass is 16.6. The van der Waals surface area contributed by atoms with Gasteiger partial charge < -0.3 is 14.4 Å². The molecule has 25 heavy (non-hydrogen) atoms. The van der Waals surface area contributed by atoms with Crippen LogP contribution in [0.25, 0.3) is 10.9 Å². The summed E-state index contributed by atoms with van der Waals surface area (Å²) in [5, 5.41) is 5.80. The Kier molecular flexibility index (Phi) is 4.73. The zero-order valence-corrected chi connectivity index (χ0v) is 15.7. The van der Waals surface area contributed by atoms with Crippen molar-refractivity contribution in [3.8, 4) is 0 Å².